The highest BCUT2D eigenvalue weighted by Gasteiger charge is 2.64. The first-order chi connectivity index (χ1) is 9.82. The highest BCUT2D eigenvalue weighted by Crippen LogP contribution is 2.60. The summed E-state index contributed by atoms with van der Waals surface area (Å²) in [6, 6.07) is 0. The van der Waals surface area contributed by atoms with Crippen LogP contribution in [-0.2, 0) is 19.7 Å². The fraction of sp³-hybridized carbons (Fsp3) is 1.00. The summed E-state index contributed by atoms with van der Waals surface area (Å²) in [6.07, 6.45) is 2.54. The molecule has 0 aromatic heterocycles. The summed E-state index contributed by atoms with van der Waals surface area (Å²) in [5.74, 6) is 0.266. The molecular weight excluding hydrogens is 292 g/mol. The minimum Gasteiger partial charge on any atom is -0.396 e. The molecule has 8 atom stereocenters. The van der Waals surface area contributed by atoms with Crippen LogP contribution in [0.4, 0.5) is 0 Å². The molecule has 3 rings (SSSR count). The summed E-state index contributed by atoms with van der Waals surface area (Å²) in [5.41, 5.74) is -0.788. The number of hydrogen-bond acceptors (Lipinski definition) is 5. The van der Waals surface area contributed by atoms with E-state index in [4.69, 9.17) is 8.37 Å². The molecule has 1 heterocycles. The van der Waals surface area contributed by atoms with Crippen LogP contribution in [0.1, 0.15) is 46.5 Å². The number of aliphatic hydroxyl groups excluding tert-OH is 2. The SMILES string of the molecule is C[C@H](CO)[C@@H]1CC[C@@]2(C)[C@H](O)CC[C@@]3(C)OS(=O)O[C@@H]1[C@H]23. The molecule has 21 heavy (non-hydrogen) atoms. The third-order valence-corrected chi connectivity index (χ3v) is 7.17. The summed E-state index contributed by atoms with van der Waals surface area (Å²) in [5, 5.41) is 20.1. The third kappa shape index (κ3) is 2.30. The fourth-order valence-electron chi connectivity index (χ4n) is 4.98. The van der Waals surface area contributed by atoms with E-state index in [0.717, 1.165) is 12.8 Å². The van der Waals surface area contributed by atoms with Crippen molar-refractivity contribution in [3.8, 4) is 0 Å². The average molecular weight is 318 g/mol. The summed E-state index contributed by atoms with van der Waals surface area (Å²) in [7, 11) is 0. The van der Waals surface area contributed by atoms with Crippen molar-refractivity contribution in [3.63, 3.8) is 0 Å². The normalized spacial score (nSPS) is 54.8. The first-order valence-electron chi connectivity index (χ1n) is 7.89. The highest BCUT2D eigenvalue weighted by molar-refractivity contribution is 7.75. The van der Waals surface area contributed by atoms with E-state index in [9.17, 15) is 14.4 Å². The Morgan fingerprint density at radius 3 is 2.71 bits per heavy atom. The molecule has 6 heteroatoms. The topological polar surface area (TPSA) is 76.0 Å². The van der Waals surface area contributed by atoms with Gasteiger partial charge in [0.05, 0.1) is 17.8 Å². The van der Waals surface area contributed by atoms with Gasteiger partial charge in [-0.05, 0) is 44.4 Å². The molecule has 3 aliphatic rings. The van der Waals surface area contributed by atoms with Gasteiger partial charge < -0.3 is 10.2 Å². The molecule has 5 nitrogen and oxygen atoms in total. The molecular formula is C15H26O5S. The summed E-state index contributed by atoms with van der Waals surface area (Å²) in [6.45, 7) is 6.21. The predicted molar refractivity (Wildman–Crippen MR) is 78.3 cm³/mol. The lowest BCUT2D eigenvalue weighted by atomic mass is 9.50. The van der Waals surface area contributed by atoms with Gasteiger partial charge in [-0.25, -0.2) is 0 Å². The number of rotatable bonds is 2. The summed E-state index contributed by atoms with van der Waals surface area (Å²) in [4.78, 5) is 0. The Morgan fingerprint density at radius 2 is 2.05 bits per heavy atom. The van der Waals surface area contributed by atoms with Gasteiger partial charge >= 0.3 is 11.4 Å². The maximum Gasteiger partial charge on any atom is 0.305 e. The molecule has 2 N–H and O–H groups in total. The van der Waals surface area contributed by atoms with E-state index in [1.165, 1.54) is 0 Å². The van der Waals surface area contributed by atoms with Crippen LogP contribution in [0.25, 0.3) is 0 Å². The first-order valence-corrected chi connectivity index (χ1v) is 8.89. The molecule has 0 aromatic rings. The smallest absolute Gasteiger partial charge is 0.305 e. The van der Waals surface area contributed by atoms with Gasteiger partial charge in [-0.3, -0.25) is 8.37 Å². The quantitative estimate of drug-likeness (QED) is 0.808. The lowest BCUT2D eigenvalue weighted by Gasteiger charge is -2.62. The molecule has 0 bridgehead atoms. The molecule has 0 aromatic carbocycles. The zero-order valence-corrected chi connectivity index (χ0v) is 13.8. The van der Waals surface area contributed by atoms with Gasteiger partial charge in [0.1, 0.15) is 0 Å². The lowest BCUT2D eigenvalue weighted by Crippen LogP contribution is -2.67. The second kappa shape index (κ2) is 5.27. The van der Waals surface area contributed by atoms with Crippen molar-refractivity contribution in [1.29, 1.82) is 0 Å². The maximum absolute atomic E-state index is 12.0. The van der Waals surface area contributed by atoms with E-state index in [0.29, 0.717) is 12.8 Å². The maximum atomic E-state index is 12.0. The van der Waals surface area contributed by atoms with Crippen molar-refractivity contribution >= 4 is 11.4 Å². The van der Waals surface area contributed by atoms with Gasteiger partial charge in [-0.2, -0.15) is 4.21 Å². The Morgan fingerprint density at radius 1 is 1.33 bits per heavy atom. The second-order valence-electron chi connectivity index (χ2n) is 7.56. The number of hydrogen-bond donors (Lipinski definition) is 2. The largest absolute Gasteiger partial charge is 0.396 e. The lowest BCUT2D eigenvalue weighted by molar-refractivity contribution is -0.224. The predicted octanol–water partition coefficient (Wildman–Crippen LogP) is 1.55. The zero-order chi connectivity index (χ0) is 15.4. The Hall–Kier alpha value is -0.0100. The second-order valence-corrected chi connectivity index (χ2v) is 8.33. The number of aliphatic hydroxyl groups is 2. The van der Waals surface area contributed by atoms with Crippen LogP contribution in [0, 0.1) is 23.2 Å². The van der Waals surface area contributed by atoms with Crippen LogP contribution in [0.5, 0.6) is 0 Å². The van der Waals surface area contributed by atoms with E-state index >= 15 is 0 Å². The molecule has 3 fully saturated rings. The van der Waals surface area contributed by atoms with E-state index in [1.807, 2.05) is 13.8 Å². The molecule has 122 valence electrons. The van der Waals surface area contributed by atoms with Gasteiger partial charge in [0, 0.05) is 17.9 Å². The molecule has 1 unspecified atom stereocenters. The van der Waals surface area contributed by atoms with Crippen molar-refractivity contribution in [2.75, 3.05) is 6.61 Å². The van der Waals surface area contributed by atoms with Crippen LogP contribution in [0.3, 0.4) is 0 Å². The Balaban J connectivity index is 2.01. The van der Waals surface area contributed by atoms with Crippen molar-refractivity contribution in [2.24, 2.45) is 23.2 Å². The minimum absolute atomic E-state index is 0.0131. The molecule has 0 spiro atoms. The van der Waals surface area contributed by atoms with Crippen molar-refractivity contribution < 1.29 is 22.8 Å². The van der Waals surface area contributed by atoms with Gasteiger partial charge in [0.15, 0.2) is 0 Å². The van der Waals surface area contributed by atoms with Crippen LogP contribution < -0.4 is 0 Å². The molecule has 1 saturated heterocycles. The first kappa shape index (κ1) is 15.9. The van der Waals surface area contributed by atoms with Crippen LogP contribution in [-0.4, -0.2) is 38.8 Å². The van der Waals surface area contributed by atoms with E-state index < -0.39 is 17.0 Å². The van der Waals surface area contributed by atoms with E-state index in [2.05, 4.69) is 6.92 Å². The molecule has 1 aliphatic heterocycles. The fourth-order valence-corrected chi connectivity index (χ4v) is 5.95. The van der Waals surface area contributed by atoms with Crippen LogP contribution in [0.2, 0.25) is 0 Å². The van der Waals surface area contributed by atoms with Gasteiger partial charge in [0.2, 0.25) is 0 Å². The zero-order valence-electron chi connectivity index (χ0n) is 12.9. The van der Waals surface area contributed by atoms with E-state index in [-0.39, 0.29) is 42.0 Å². The molecule has 2 aliphatic carbocycles. The van der Waals surface area contributed by atoms with Crippen molar-refractivity contribution in [3.05, 3.63) is 0 Å². The van der Waals surface area contributed by atoms with Gasteiger partial charge in [0.25, 0.3) is 0 Å². The molecule has 0 radical (unpaired) electrons. The van der Waals surface area contributed by atoms with Gasteiger partial charge in [-0.1, -0.05) is 13.8 Å². The molecule has 0 amide bonds. The Labute approximate surface area is 128 Å². The summed E-state index contributed by atoms with van der Waals surface area (Å²) >= 11 is -1.74. The average Bonchev–Trinajstić information content (AvgIpc) is 2.42. The minimum atomic E-state index is -1.74. The van der Waals surface area contributed by atoms with Crippen molar-refractivity contribution in [2.45, 2.75) is 64.3 Å². The van der Waals surface area contributed by atoms with Crippen LogP contribution >= 0.6 is 0 Å². The Kier molecular flexibility index (Phi) is 3.98. The van der Waals surface area contributed by atoms with Crippen LogP contribution in [0.15, 0.2) is 0 Å². The summed E-state index contributed by atoms with van der Waals surface area (Å²) < 4.78 is 23.3. The third-order valence-electron chi connectivity index (χ3n) is 6.28. The van der Waals surface area contributed by atoms with E-state index in [1.54, 1.807) is 0 Å². The van der Waals surface area contributed by atoms with Gasteiger partial charge in [-0.15, -0.1) is 0 Å². The standard InChI is InChI=1S/C15H26O5S/c1-9(8-16)10-4-6-14(2)11(17)5-7-15(3)13(14)12(10)19-21(18)20-15/h9-13,16-17H,4-8H2,1-3H3/t9-,10+,11-,12+,13-,14+,15-,21?/m1/s1. The Bertz CT molecular complexity index is 444. The monoisotopic (exact) mass is 318 g/mol. The highest BCUT2D eigenvalue weighted by atomic mass is 32.2. The molecule has 2 saturated carbocycles. The van der Waals surface area contributed by atoms with Crippen molar-refractivity contribution in [1.82, 2.24) is 0 Å².